The number of nitrogens with one attached hydrogen (secondary N) is 1. The second-order valence-corrected chi connectivity index (χ2v) is 4.15. The van der Waals surface area contributed by atoms with Crippen molar-refractivity contribution in [2.45, 2.75) is 18.9 Å². The van der Waals surface area contributed by atoms with Crippen molar-refractivity contribution in [1.29, 1.82) is 0 Å². The minimum absolute atomic E-state index is 0.130. The summed E-state index contributed by atoms with van der Waals surface area (Å²) in [6, 6.07) is 2.36. The van der Waals surface area contributed by atoms with Crippen LogP contribution in [0.2, 0.25) is 0 Å². The van der Waals surface area contributed by atoms with Crippen molar-refractivity contribution in [3.63, 3.8) is 0 Å². The van der Waals surface area contributed by atoms with Crippen LogP contribution in [0.5, 0.6) is 0 Å². The quantitative estimate of drug-likeness (QED) is 0.447. The maximum absolute atomic E-state index is 13.1. The third kappa shape index (κ3) is 4.56. The number of carbonyl (C=O) groups excluding carboxylic acids is 1. The molecule has 8 heteroatoms. The number of anilines is 1. The van der Waals surface area contributed by atoms with Crippen LogP contribution in [-0.4, -0.2) is 30.6 Å². The summed E-state index contributed by atoms with van der Waals surface area (Å²) in [4.78, 5) is 21.5. The number of carbonyl (C=O) groups is 1. The van der Waals surface area contributed by atoms with Crippen molar-refractivity contribution in [3.05, 3.63) is 34.1 Å². The molecule has 0 fully saturated rings. The zero-order valence-electron chi connectivity index (χ0n) is 11.0. The Hall–Kier alpha value is -2.06. The van der Waals surface area contributed by atoms with E-state index in [4.69, 9.17) is 10.5 Å². The highest BCUT2D eigenvalue weighted by Crippen LogP contribution is 2.21. The molecule has 3 N–H and O–H groups in total. The summed E-state index contributed by atoms with van der Waals surface area (Å²) in [5.74, 6) is -1.44. The van der Waals surface area contributed by atoms with Gasteiger partial charge in [-0.25, -0.2) is 0 Å². The number of benzene rings is 1. The predicted octanol–water partition coefficient (Wildman–Crippen LogP) is 1.43. The standard InChI is InChI=1S/C12H16FN3O4/c1-20-6-2-3-10(14)12(17)15-8-4-5-9(13)11(7-8)16(18)19/h4-5,7,10H,2-3,6,14H2,1H3,(H,15,17). The van der Waals surface area contributed by atoms with Gasteiger partial charge < -0.3 is 15.8 Å². The Balaban J connectivity index is 2.66. The van der Waals surface area contributed by atoms with E-state index in [-0.39, 0.29) is 5.69 Å². The highest BCUT2D eigenvalue weighted by Gasteiger charge is 2.17. The van der Waals surface area contributed by atoms with Gasteiger partial charge in [-0.2, -0.15) is 4.39 Å². The fourth-order valence-electron chi connectivity index (χ4n) is 1.54. The van der Waals surface area contributed by atoms with Gasteiger partial charge in [-0.15, -0.1) is 0 Å². The maximum atomic E-state index is 13.1. The number of methoxy groups -OCH3 is 1. The van der Waals surface area contributed by atoms with Crippen LogP contribution in [0.25, 0.3) is 0 Å². The molecule has 0 radical (unpaired) electrons. The summed E-state index contributed by atoms with van der Waals surface area (Å²) < 4.78 is 18.0. The first-order chi connectivity index (χ1) is 9.45. The molecular weight excluding hydrogens is 269 g/mol. The highest BCUT2D eigenvalue weighted by molar-refractivity contribution is 5.94. The number of hydrogen-bond donors (Lipinski definition) is 2. The summed E-state index contributed by atoms with van der Waals surface area (Å²) >= 11 is 0. The lowest BCUT2D eigenvalue weighted by Gasteiger charge is -2.12. The van der Waals surface area contributed by atoms with Crippen molar-refractivity contribution in [2.75, 3.05) is 19.0 Å². The molecule has 0 saturated carbocycles. The second-order valence-electron chi connectivity index (χ2n) is 4.15. The molecule has 20 heavy (non-hydrogen) atoms. The molecule has 1 rings (SSSR count). The molecule has 0 bridgehead atoms. The molecule has 0 aromatic heterocycles. The van der Waals surface area contributed by atoms with E-state index in [1.807, 2.05) is 0 Å². The monoisotopic (exact) mass is 285 g/mol. The van der Waals surface area contributed by atoms with Gasteiger partial charge in [0.1, 0.15) is 0 Å². The molecular formula is C12H16FN3O4. The molecule has 0 aliphatic carbocycles. The molecule has 1 atom stereocenters. The largest absolute Gasteiger partial charge is 0.385 e. The minimum Gasteiger partial charge on any atom is -0.385 e. The van der Waals surface area contributed by atoms with Crippen molar-refractivity contribution in [1.82, 2.24) is 0 Å². The van der Waals surface area contributed by atoms with Gasteiger partial charge in [0.25, 0.3) is 0 Å². The summed E-state index contributed by atoms with van der Waals surface area (Å²) in [5.41, 5.74) is 5.09. The summed E-state index contributed by atoms with van der Waals surface area (Å²) in [6.45, 7) is 0.489. The number of halogens is 1. The Bertz CT molecular complexity index is 496. The first-order valence-corrected chi connectivity index (χ1v) is 5.95. The van der Waals surface area contributed by atoms with Crippen LogP contribution in [0, 0.1) is 15.9 Å². The van der Waals surface area contributed by atoms with Crippen molar-refractivity contribution in [2.24, 2.45) is 5.73 Å². The van der Waals surface area contributed by atoms with Gasteiger partial charge in [-0.1, -0.05) is 0 Å². The van der Waals surface area contributed by atoms with Gasteiger partial charge in [0.05, 0.1) is 11.0 Å². The van der Waals surface area contributed by atoms with Crippen molar-refractivity contribution in [3.8, 4) is 0 Å². The molecule has 0 saturated heterocycles. The summed E-state index contributed by atoms with van der Waals surface area (Å²) in [5, 5.41) is 13.0. The fraction of sp³-hybridized carbons (Fsp3) is 0.417. The number of hydrogen-bond acceptors (Lipinski definition) is 5. The summed E-state index contributed by atoms with van der Waals surface area (Å²) in [6.07, 6.45) is 1.04. The van der Waals surface area contributed by atoms with E-state index in [0.29, 0.717) is 19.4 Å². The van der Waals surface area contributed by atoms with E-state index in [9.17, 15) is 19.3 Å². The van der Waals surface area contributed by atoms with E-state index in [1.54, 1.807) is 7.11 Å². The first-order valence-electron chi connectivity index (χ1n) is 5.95. The number of nitro benzene ring substituents is 1. The normalized spacial score (nSPS) is 11.9. The predicted molar refractivity (Wildman–Crippen MR) is 70.8 cm³/mol. The van der Waals surface area contributed by atoms with E-state index in [2.05, 4.69) is 5.32 Å². The zero-order valence-corrected chi connectivity index (χ0v) is 11.0. The van der Waals surface area contributed by atoms with Gasteiger partial charge in [-0.05, 0) is 25.0 Å². The number of rotatable bonds is 7. The van der Waals surface area contributed by atoms with Crippen LogP contribution in [0.1, 0.15) is 12.8 Å². The molecule has 0 heterocycles. The molecule has 1 aromatic carbocycles. The third-order valence-electron chi connectivity index (χ3n) is 2.61. The van der Waals surface area contributed by atoms with E-state index in [1.165, 1.54) is 6.07 Å². The van der Waals surface area contributed by atoms with Crippen molar-refractivity contribution < 1.29 is 18.8 Å². The Labute approximate surface area is 115 Å². The Morgan fingerprint density at radius 1 is 1.60 bits per heavy atom. The second kappa shape index (κ2) is 7.51. The molecule has 7 nitrogen and oxygen atoms in total. The number of nitrogens with zero attached hydrogens (tertiary/aromatic N) is 1. The van der Waals surface area contributed by atoms with Gasteiger partial charge in [0.2, 0.25) is 11.7 Å². The van der Waals surface area contributed by atoms with Crippen LogP contribution in [0.3, 0.4) is 0 Å². The zero-order chi connectivity index (χ0) is 15.1. The Morgan fingerprint density at radius 2 is 2.30 bits per heavy atom. The van der Waals surface area contributed by atoms with Gasteiger partial charge in [0, 0.05) is 25.5 Å². The molecule has 1 unspecified atom stereocenters. The number of ether oxygens (including phenoxy) is 1. The highest BCUT2D eigenvalue weighted by atomic mass is 19.1. The van der Waals surface area contributed by atoms with Crippen LogP contribution < -0.4 is 11.1 Å². The van der Waals surface area contributed by atoms with Crippen LogP contribution in [-0.2, 0) is 9.53 Å². The molecule has 1 amide bonds. The smallest absolute Gasteiger partial charge is 0.306 e. The molecule has 0 aliphatic rings. The molecule has 1 aromatic rings. The lowest BCUT2D eigenvalue weighted by Crippen LogP contribution is -2.35. The maximum Gasteiger partial charge on any atom is 0.306 e. The number of nitro groups is 1. The van der Waals surface area contributed by atoms with Gasteiger partial charge in [0.15, 0.2) is 0 Å². The summed E-state index contributed by atoms with van der Waals surface area (Å²) in [7, 11) is 1.54. The van der Waals surface area contributed by atoms with E-state index in [0.717, 1.165) is 12.1 Å². The van der Waals surface area contributed by atoms with Crippen LogP contribution in [0.4, 0.5) is 15.8 Å². The fourth-order valence-corrected chi connectivity index (χ4v) is 1.54. The molecule has 0 spiro atoms. The first kappa shape index (κ1) is 16.0. The Kier molecular flexibility index (Phi) is 6.01. The third-order valence-corrected chi connectivity index (χ3v) is 2.61. The van der Waals surface area contributed by atoms with Gasteiger partial charge >= 0.3 is 5.69 Å². The van der Waals surface area contributed by atoms with Gasteiger partial charge in [-0.3, -0.25) is 14.9 Å². The Morgan fingerprint density at radius 3 is 2.90 bits per heavy atom. The number of nitrogens with two attached hydrogens (primary N) is 1. The van der Waals surface area contributed by atoms with E-state index < -0.39 is 28.4 Å². The minimum atomic E-state index is -0.961. The average molecular weight is 285 g/mol. The SMILES string of the molecule is COCCCC(N)C(=O)Nc1ccc(F)c([N+](=O)[O-])c1. The van der Waals surface area contributed by atoms with Crippen molar-refractivity contribution >= 4 is 17.3 Å². The molecule has 0 aliphatic heterocycles. The lowest BCUT2D eigenvalue weighted by atomic mass is 10.1. The lowest BCUT2D eigenvalue weighted by molar-refractivity contribution is -0.387. The average Bonchev–Trinajstić information content (AvgIpc) is 2.40. The van der Waals surface area contributed by atoms with Crippen LogP contribution in [0.15, 0.2) is 18.2 Å². The van der Waals surface area contributed by atoms with E-state index >= 15 is 0 Å². The number of amides is 1. The topological polar surface area (TPSA) is 107 Å². The van der Waals surface area contributed by atoms with Crippen LogP contribution >= 0.6 is 0 Å². The molecule has 110 valence electrons.